The highest BCUT2D eigenvalue weighted by atomic mass is 32.2. The first-order valence-corrected chi connectivity index (χ1v) is 12.3. The fourth-order valence-electron chi connectivity index (χ4n) is 3.34. The van der Waals surface area contributed by atoms with Crippen molar-refractivity contribution >= 4 is 27.3 Å². The summed E-state index contributed by atoms with van der Waals surface area (Å²) < 4.78 is 27.6. The number of nitrogens with zero attached hydrogens (tertiary/aromatic N) is 1. The van der Waals surface area contributed by atoms with Crippen molar-refractivity contribution in [3.8, 4) is 0 Å². The second-order valence-electron chi connectivity index (χ2n) is 8.82. The summed E-state index contributed by atoms with van der Waals surface area (Å²) in [5, 5.41) is 2.89. The molecule has 1 amide bonds. The number of rotatable bonds is 5. The number of piperidine rings is 1. The minimum absolute atomic E-state index is 0.0419. The molecule has 29 heavy (non-hydrogen) atoms. The van der Waals surface area contributed by atoms with Crippen molar-refractivity contribution in [1.29, 1.82) is 0 Å². The van der Waals surface area contributed by atoms with E-state index in [1.54, 1.807) is 16.4 Å². The van der Waals surface area contributed by atoms with Crippen molar-refractivity contribution in [2.45, 2.75) is 56.7 Å². The monoisotopic (exact) mass is 434 g/mol. The van der Waals surface area contributed by atoms with Crippen LogP contribution in [0.4, 0.5) is 0 Å². The van der Waals surface area contributed by atoms with Crippen LogP contribution in [0.25, 0.3) is 0 Å². The van der Waals surface area contributed by atoms with Crippen LogP contribution >= 0.6 is 11.3 Å². The number of sulfonamides is 1. The van der Waals surface area contributed by atoms with Gasteiger partial charge in [-0.25, -0.2) is 8.42 Å². The fraction of sp³-hybridized carbons (Fsp3) is 0.500. The molecular formula is C22H30N2O3S2. The first kappa shape index (κ1) is 22.0. The average Bonchev–Trinajstić information content (AvgIpc) is 3.16. The Morgan fingerprint density at radius 3 is 2.31 bits per heavy atom. The van der Waals surface area contributed by atoms with E-state index in [1.165, 1.54) is 16.9 Å². The van der Waals surface area contributed by atoms with Crippen molar-refractivity contribution in [1.82, 2.24) is 9.62 Å². The lowest BCUT2D eigenvalue weighted by atomic mass is 9.87. The highest BCUT2D eigenvalue weighted by Crippen LogP contribution is 2.28. The summed E-state index contributed by atoms with van der Waals surface area (Å²) in [4.78, 5) is 13.3. The second-order valence-corrected chi connectivity index (χ2v) is 12.2. The Morgan fingerprint density at radius 2 is 1.72 bits per heavy atom. The Labute approximate surface area is 178 Å². The molecule has 3 rings (SSSR count). The van der Waals surface area contributed by atoms with Crippen LogP contribution in [0.1, 0.15) is 61.3 Å². The smallest absolute Gasteiger partial charge is 0.252 e. The van der Waals surface area contributed by atoms with Gasteiger partial charge >= 0.3 is 0 Å². The maximum absolute atomic E-state index is 12.8. The van der Waals surface area contributed by atoms with Gasteiger partial charge in [0.2, 0.25) is 0 Å². The van der Waals surface area contributed by atoms with Crippen LogP contribution in [0.15, 0.2) is 40.6 Å². The summed E-state index contributed by atoms with van der Waals surface area (Å²) in [5.41, 5.74) is 1.82. The van der Waals surface area contributed by atoms with Gasteiger partial charge in [0.15, 0.2) is 0 Å². The molecule has 1 aliphatic rings. The van der Waals surface area contributed by atoms with E-state index in [-0.39, 0.29) is 11.3 Å². The zero-order valence-electron chi connectivity index (χ0n) is 17.6. The molecule has 0 atom stereocenters. The Hall–Kier alpha value is -1.70. The number of nitrogens with one attached hydrogen (secondary N) is 1. The normalized spacial score (nSPS) is 16.7. The molecule has 2 heterocycles. The molecular weight excluding hydrogens is 404 g/mol. The number of amides is 1. The molecule has 0 saturated carbocycles. The van der Waals surface area contributed by atoms with E-state index in [0.29, 0.717) is 35.3 Å². The quantitative estimate of drug-likeness (QED) is 0.759. The van der Waals surface area contributed by atoms with Crippen molar-refractivity contribution in [2.24, 2.45) is 5.92 Å². The number of hydrogen-bond acceptors (Lipinski definition) is 4. The summed E-state index contributed by atoms with van der Waals surface area (Å²) in [5.74, 6) is 0.418. The molecule has 1 aromatic heterocycles. The summed E-state index contributed by atoms with van der Waals surface area (Å²) >= 11 is 1.23. The molecule has 0 aliphatic carbocycles. The van der Waals surface area contributed by atoms with Crippen LogP contribution in [0.2, 0.25) is 0 Å². The third-order valence-corrected chi connectivity index (χ3v) is 8.86. The van der Waals surface area contributed by atoms with Crippen molar-refractivity contribution in [3.05, 3.63) is 52.4 Å². The van der Waals surface area contributed by atoms with E-state index < -0.39 is 10.0 Å². The predicted octanol–water partition coefficient (Wildman–Crippen LogP) is 4.40. The van der Waals surface area contributed by atoms with E-state index in [1.807, 2.05) is 24.3 Å². The number of benzene rings is 1. The van der Waals surface area contributed by atoms with Gasteiger partial charge in [0.05, 0.1) is 6.54 Å². The predicted molar refractivity (Wildman–Crippen MR) is 118 cm³/mol. The minimum Gasteiger partial charge on any atom is -0.347 e. The molecule has 7 heteroatoms. The zero-order chi connectivity index (χ0) is 21.2. The van der Waals surface area contributed by atoms with Gasteiger partial charge in [-0.15, -0.1) is 11.3 Å². The Kier molecular flexibility index (Phi) is 6.51. The number of hydrogen-bond donors (Lipinski definition) is 1. The first-order valence-electron chi connectivity index (χ1n) is 10.0. The molecule has 1 saturated heterocycles. The largest absolute Gasteiger partial charge is 0.347 e. The Bertz CT molecular complexity index is 949. The minimum atomic E-state index is -3.43. The van der Waals surface area contributed by atoms with E-state index >= 15 is 0 Å². The first-order chi connectivity index (χ1) is 13.6. The molecule has 2 aromatic rings. The van der Waals surface area contributed by atoms with Crippen LogP contribution in [-0.4, -0.2) is 31.7 Å². The zero-order valence-corrected chi connectivity index (χ0v) is 19.2. The van der Waals surface area contributed by atoms with Gasteiger partial charge in [-0.05, 0) is 54.0 Å². The van der Waals surface area contributed by atoms with E-state index in [9.17, 15) is 13.2 Å². The number of carbonyl (C=O) groups is 1. The highest BCUT2D eigenvalue weighted by molar-refractivity contribution is 7.91. The molecule has 158 valence electrons. The lowest BCUT2D eigenvalue weighted by Crippen LogP contribution is -2.37. The van der Waals surface area contributed by atoms with Gasteiger partial charge in [-0.3, -0.25) is 4.79 Å². The lowest BCUT2D eigenvalue weighted by molar-refractivity contribution is 0.0951. The fourth-order valence-corrected chi connectivity index (χ4v) is 6.25. The van der Waals surface area contributed by atoms with Gasteiger partial charge in [0.25, 0.3) is 15.9 Å². The van der Waals surface area contributed by atoms with Crippen LogP contribution in [0.5, 0.6) is 0 Å². The molecule has 1 N–H and O–H groups in total. The van der Waals surface area contributed by atoms with Crippen molar-refractivity contribution in [3.63, 3.8) is 0 Å². The van der Waals surface area contributed by atoms with Gasteiger partial charge in [-0.2, -0.15) is 4.31 Å². The molecule has 1 aromatic carbocycles. The van der Waals surface area contributed by atoms with Crippen molar-refractivity contribution < 1.29 is 13.2 Å². The molecule has 1 aliphatic heterocycles. The van der Waals surface area contributed by atoms with Crippen LogP contribution in [0.3, 0.4) is 0 Å². The number of carbonyl (C=O) groups excluding carboxylic acids is 1. The van der Waals surface area contributed by atoms with Gasteiger partial charge in [0.1, 0.15) is 4.21 Å². The standard InChI is InChI=1S/C22H30N2O3S2/c1-16-11-13-24(14-12-16)29(26,27)20-10-9-19(28-20)15-23-21(25)17-5-7-18(8-6-17)22(2,3)4/h5-10,16H,11-15H2,1-4H3,(H,23,25). The highest BCUT2D eigenvalue weighted by Gasteiger charge is 2.29. The Balaban J connectivity index is 1.61. The molecule has 0 unspecified atom stereocenters. The third kappa shape index (κ3) is 5.27. The van der Waals surface area contributed by atoms with E-state index in [2.05, 4.69) is 33.0 Å². The molecule has 0 bridgehead atoms. The van der Waals surface area contributed by atoms with Crippen LogP contribution in [-0.2, 0) is 22.0 Å². The summed E-state index contributed by atoms with van der Waals surface area (Å²) in [6.45, 7) is 10.0. The van der Waals surface area contributed by atoms with Gasteiger partial charge in [0, 0.05) is 23.5 Å². The van der Waals surface area contributed by atoms with Crippen LogP contribution < -0.4 is 5.32 Å². The van der Waals surface area contributed by atoms with Crippen molar-refractivity contribution in [2.75, 3.05) is 13.1 Å². The SMILES string of the molecule is CC1CCN(S(=O)(=O)c2ccc(CNC(=O)c3ccc(C(C)(C)C)cc3)s2)CC1. The molecule has 1 fully saturated rings. The van der Waals surface area contributed by atoms with Gasteiger partial charge < -0.3 is 5.32 Å². The average molecular weight is 435 g/mol. The summed E-state index contributed by atoms with van der Waals surface area (Å²) in [6.07, 6.45) is 1.81. The van der Waals surface area contributed by atoms with E-state index in [0.717, 1.165) is 17.7 Å². The second kappa shape index (κ2) is 8.58. The van der Waals surface area contributed by atoms with Crippen LogP contribution in [0, 0.1) is 5.92 Å². The van der Waals surface area contributed by atoms with Gasteiger partial charge in [-0.1, -0.05) is 39.8 Å². The summed E-state index contributed by atoms with van der Waals surface area (Å²) in [7, 11) is -3.43. The molecule has 5 nitrogen and oxygen atoms in total. The maximum atomic E-state index is 12.8. The Morgan fingerprint density at radius 1 is 1.10 bits per heavy atom. The third-order valence-electron chi connectivity index (χ3n) is 5.41. The number of thiophene rings is 1. The topological polar surface area (TPSA) is 66.5 Å². The van der Waals surface area contributed by atoms with E-state index in [4.69, 9.17) is 0 Å². The maximum Gasteiger partial charge on any atom is 0.252 e. The lowest BCUT2D eigenvalue weighted by Gasteiger charge is -2.28. The summed E-state index contributed by atoms with van der Waals surface area (Å²) in [6, 6.07) is 11.0. The molecule has 0 radical (unpaired) electrons. The molecule has 0 spiro atoms.